The van der Waals surface area contributed by atoms with Gasteiger partial charge in [-0.25, -0.2) is 0 Å². The van der Waals surface area contributed by atoms with Crippen LogP contribution in [-0.4, -0.2) is 0 Å². The lowest BCUT2D eigenvalue weighted by Gasteiger charge is -2.31. The van der Waals surface area contributed by atoms with E-state index in [4.69, 9.17) is 0 Å². The third-order valence-corrected chi connectivity index (χ3v) is 19.1. The van der Waals surface area contributed by atoms with Gasteiger partial charge in [0, 0.05) is 54.0 Å². The molecule has 0 unspecified atom stereocenters. The summed E-state index contributed by atoms with van der Waals surface area (Å²) in [6.45, 7) is 0. The van der Waals surface area contributed by atoms with Crippen LogP contribution in [-0.2, 0) is 0 Å². The first-order valence-corrected chi connectivity index (χ1v) is 31.3. The summed E-state index contributed by atoms with van der Waals surface area (Å²) in [6, 6.07) is 125. The van der Waals surface area contributed by atoms with Crippen molar-refractivity contribution in [1.29, 1.82) is 0 Å². The fourth-order valence-corrected chi connectivity index (χ4v) is 14.8. The van der Waals surface area contributed by atoms with Crippen molar-refractivity contribution in [3.63, 3.8) is 0 Å². The molecule has 0 amide bonds. The van der Waals surface area contributed by atoms with Gasteiger partial charge in [0.05, 0.1) is 11.4 Å². The van der Waals surface area contributed by atoms with Gasteiger partial charge >= 0.3 is 0 Å². The van der Waals surface area contributed by atoms with Gasteiger partial charge in [0.2, 0.25) is 0 Å². The molecule has 2 nitrogen and oxygen atoms in total. The van der Waals surface area contributed by atoms with Gasteiger partial charge in [-0.05, 0) is 177 Å². The summed E-state index contributed by atoms with van der Waals surface area (Å²) < 4.78 is 2.61. The van der Waals surface area contributed by atoms with E-state index in [0.717, 1.165) is 56.4 Å². The maximum Gasteiger partial charge on any atom is 0.0540 e. The van der Waals surface area contributed by atoms with Crippen molar-refractivity contribution in [2.45, 2.75) is 0 Å². The molecule has 0 aliphatic heterocycles. The lowest BCUT2D eigenvalue weighted by molar-refractivity contribution is 1.27. The van der Waals surface area contributed by atoms with Crippen LogP contribution in [0.3, 0.4) is 0 Å². The van der Waals surface area contributed by atoms with E-state index in [1.807, 2.05) is 11.3 Å². The number of hydrogen-bond acceptors (Lipinski definition) is 3. The molecule has 1 heterocycles. The number of nitrogens with zero attached hydrogens (tertiary/aromatic N) is 2. The van der Waals surface area contributed by atoms with Crippen LogP contribution in [0.4, 0.5) is 34.1 Å². The second-order valence-electron chi connectivity index (χ2n) is 23.2. The maximum atomic E-state index is 2.46. The summed E-state index contributed by atoms with van der Waals surface area (Å²) in [6.07, 6.45) is 0. The molecule has 89 heavy (non-hydrogen) atoms. The van der Waals surface area contributed by atoms with Crippen LogP contribution in [0.5, 0.6) is 0 Å². The van der Waals surface area contributed by atoms with Crippen LogP contribution in [0, 0.1) is 0 Å². The van der Waals surface area contributed by atoms with Crippen molar-refractivity contribution < 1.29 is 0 Å². The Morgan fingerprint density at radius 3 is 1.35 bits per heavy atom. The molecular formula is C86H56N2S. The van der Waals surface area contributed by atoms with Crippen molar-refractivity contribution in [2.24, 2.45) is 0 Å². The van der Waals surface area contributed by atoms with Crippen LogP contribution in [0.15, 0.2) is 340 Å². The summed E-state index contributed by atoms with van der Waals surface area (Å²) in [5, 5.41) is 15.1. The molecule has 0 spiro atoms. The fourth-order valence-electron chi connectivity index (χ4n) is 13.6. The van der Waals surface area contributed by atoms with E-state index >= 15 is 0 Å². The number of fused-ring (bicyclic) bond motifs is 10. The molecule has 0 N–H and O–H groups in total. The van der Waals surface area contributed by atoms with Crippen LogP contribution < -0.4 is 9.80 Å². The average Bonchev–Trinajstić information content (AvgIpc) is 1.98. The molecule has 17 rings (SSSR count). The van der Waals surface area contributed by atoms with E-state index in [0.29, 0.717) is 0 Å². The molecule has 0 radical (unpaired) electrons. The zero-order valence-corrected chi connectivity index (χ0v) is 49.5. The molecule has 0 saturated heterocycles. The van der Waals surface area contributed by atoms with Crippen molar-refractivity contribution in [2.75, 3.05) is 9.80 Å². The second-order valence-corrected chi connectivity index (χ2v) is 24.3. The predicted octanol–water partition coefficient (Wildman–Crippen LogP) is 25.1. The number of para-hydroxylation sites is 2. The van der Waals surface area contributed by atoms with Crippen molar-refractivity contribution in [3.05, 3.63) is 340 Å². The lowest BCUT2D eigenvalue weighted by Crippen LogP contribution is -2.13. The van der Waals surface area contributed by atoms with E-state index in [1.54, 1.807) is 0 Å². The first-order valence-electron chi connectivity index (χ1n) is 30.5. The Balaban J connectivity index is 0.800. The fraction of sp³-hybridized carbons (Fsp3) is 0. The van der Waals surface area contributed by atoms with Crippen LogP contribution >= 0.6 is 11.3 Å². The minimum absolute atomic E-state index is 1.06. The smallest absolute Gasteiger partial charge is 0.0540 e. The molecule has 416 valence electrons. The highest BCUT2D eigenvalue weighted by molar-refractivity contribution is 7.26. The van der Waals surface area contributed by atoms with Crippen molar-refractivity contribution in [1.82, 2.24) is 0 Å². The van der Waals surface area contributed by atoms with Gasteiger partial charge in [-0.1, -0.05) is 261 Å². The van der Waals surface area contributed by atoms with Crippen LogP contribution in [0.2, 0.25) is 0 Å². The Morgan fingerprint density at radius 2 is 0.618 bits per heavy atom. The van der Waals surface area contributed by atoms with E-state index in [2.05, 4.69) is 350 Å². The molecule has 3 heteroatoms. The molecule has 0 bridgehead atoms. The SMILES string of the molecule is c1cc(-c2ccc3ccccc3c2)cc(N(c2ccc3c(ccc4ccccc43)c2)c2ccccc2-c2ccccc2N(c2ccc(-c3ccc(-c4cccc5ccccc45)cc3)cc2)c2ccc(-c3ccc4c(c3)sc3ccc5ccccc5c34)cc2)c1. The molecule has 0 atom stereocenters. The predicted molar refractivity (Wildman–Crippen MR) is 383 cm³/mol. The van der Waals surface area contributed by atoms with E-state index in [9.17, 15) is 0 Å². The molecule has 0 saturated carbocycles. The molecular weight excluding hydrogens is 1090 g/mol. The summed E-state index contributed by atoms with van der Waals surface area (Å²) >= 11 is 1.88. The Bertz CT molecular complexity index is 5560. The van der Waals surface area contributed by atoms with Crippen LogP contribution in [0.1, 0.15) is 0 Å². The first-order chi connectivity index (χ1) is 44.1. The molecule has 17 aromatic rings. The summed E-state index contributed by atoms with van der Waals surface area (Å²) in [7, 11) is 0. The quantitative estimate of drug-likeness (QED) is 0.119. The second kappa shape index (κ2) is 21.9. The van der Waals surface area contributed by atoms with Crippen LogP contribution in [0.25, 0.3) is 130 Å². The Kier molecular flexibility index (Phi) is 12.8. The average molecular weight is 1150 g/mol. The molecule has 0 aliphatic rings. The number of rotatable bonds is 11. The molecule has 1 aromatic heterocycles. The largest absolute Gasteiger partial charge is 0.310 e. The highest BCUT2D eigenvalue weighted by Crippen LogP contribution is 2.49. The molecule has 16 aromatic carbocycles. The third kappa shape index (κ3) is 9.35. The van der Waals surface area contributed by atoms with E-state index in [-0.39, 0.29) is 0 Å². The zero-order chi connectivity index (χ0) is 58.8. The number of thiophene rings is 1. The van der Waals surface area contributed by atoms with Gasteiger partial charge < -0.3 is 9.80 Å². The first kappa shape index (κ1) is 52.0. The number of hydrogen-bond donors (Lipinski definition) is 0. The van der Waals surface area contributed by atoms with Gasteiger partial charge in [0.15, 0.2) is 0 Å². The molecule has 0 aliphatic carbocycles. The highest BCUT2D eigenvalue weighted by Gasteiger charge is 2.24. The van der Waals surface area contributed by atoms with Crippen molar-refractivity contribution in [3.8, 4) is 55.6 Å². The Hall–Kier alpha value is -11.4. The topological polar surface area (TPSA) is 6.48 Å². The Morgan fingerprint density at radius 1 is 0.191 bits per heavy atom. The zero-order valence-electron chi connectivity index (χ0n) is 48.6. The minimum atomic E-state index is 1.06. The standard InChI is InChI=1S/C86H56N2S/c1-2-19-65-53-67(37-33-57(65)15-1)66-21-13-22-72(54-66)88(73-49-51-77-69(55-73)38-36-62-17-4-7-24-75(62)77)83-30-12-10-27-80(83)79-26-9-11-29-82(79)87(70-45-39-59(40-46-70)58-31-34-64(35-32-58)76-28-14-20-61-16-3-6-23-74(61)76)71-47-41-60(42-48-71)68-43-50-81-85(56-68)89-84-52-44-63-18-5-8-25-78(63)86(81)84/h1-56H. The van der Waals surface area contributed by atoms with Crippen molar-refractivity contribution >= 4 is 119 Å². The van der Waals surface area contributed by atoms with Gasteiger partial charge in [0.1, 0.15) is 0 Å². The minimum Gasteiger partial charge on any atom is -0.310 e. The summed E-state index contributed by atoms with van der Waals surface area (Å²) in [5.74, 6) is 0. The van der Waals surface area contributed by atoms with Gasteiger partial charge in [0.25, 0.3) is 0 Å². The third-order valence-electron chi connectivity index (χ3n) is 18.0. The summed E-state index contributed by atoms with van der Waals surface area (Å²) in [5.41, 5.74) is 18.1. The van der Waals surface area contributed by atoms with E-state index < -0.39 is 0 Å². The highest BCUT2D eigenvalue weighted by atomic mass is 32.1. The number of benzene rings is 16. The van der Waals surface area contributed by atoms with E-state index in [1.165, 1.54) is 107 Å². The van der Waals surface area contributed by atoms with Gasteiger partial charge in [-0.3, -0.25) is 0 Å². The van der Waals surface area contributed by atoms with Gasteiger partial charge in [-0.2, -0.15) is 0 Å². The maximum absolute atomic E-state index is 2.46. The number of anilines is 6. The van der Waals surface area contributed by atoms with Gasteiger partial charge in [-0.15, -0.1) is 11.3 Å². The summed E-state index contributed by atoms with van der Waals surface area (Å²) in [4.78, 5) is 4.90. The molecule has 0 fully saturated rings. The normalized spacial score (nSPS) is 11.6. The monoisotopic (exact) mass is 1150 g/mol. The lowest BCUT2D eigenvalue weighted by atomic mass is 9.96. The Labute approximate surface area is 521 Å².